The number of hydrogen-bond acceptors (Lipinski definition) is 4. The first-order chi connectivity index (χ1) is 7.61. The maximum atomic E-state index is 11.7. The van der Waals surface area contributed by atoms with Crippen LogP contribution >= 0.6 is 0 Å². The summed E-state index contributed by atoms with van der Waals surface area (Å²) < 4.78 is 7.40. The monoisotopic (exact) mass is 221 g/mol. The van der Waals surface area contributed by atoms with Gasteiger partial charge < -0.3 is 10.5 Å². The molecule has 2 heterocycles. The first kappa shape index (κ1) is 9.84. The Hall–Kier alpha value is -1.36. The Morgan fingerprint density at radius 2 is 2.38 bits per heavy atom. The molecule has 5 nitrogen and oxygen atoms in total. The lowest BCUT2D eigenvalue weighted by Gasteiger charge is -2.19. The van der Waals surface area contributed by atoms with E-state index in [0.717, 1.165) is 19.3 Å². The first-order valence-electron chi connectivity index (χ1n) is 5.61. The molecule has 1 aliphatic carbocycles. The normalized spacial score (nSPS) is 30.8. The lowest BCUT2D eigenvalue weighted by molar-refractivity contribution is -0.0133. The fourth-order valence-electron chi connectivity index (χ4n) is 2.66. The molecule has 2 N–H and O–H groups in total. The van der Waals surface area contributed by atoms with E-state index in [-0.39, 0.29) is 29.3 Å². The molecule has 1 saturated carbocycles. The summed E-state index contributed by atoms with van der Waals surface area (Å²) in [6, 6.07) is 1.64. The predicted molar refractivity (Wildman–Crippen MR) is 58.8 cm³/mol. The Morgan fingerprint density at radius 1 is 1.62 bits per heavy atom. The molecule has 2 atom stereocenters. The summed E-state index contributed by atoms with van der Waals surface area (Å²) >= 11 is 0. The fourth-order valence-corrected chi connectivity index (χ4v) is 2.66. The number of aromatic nitrogens is 2. The van der Waals surface area contributed by atoms with E-state index in [1.165, 1.54) is 0 Å². The summed E-state index contributed by atoms with van der Waals surface area (Å²) in [4.78, 5) is 15.5. The van der Waals surface area contributed by atoms with Crippen LogP contribution in [-0.4, -0.2) is 15.7 Å². The molecule has 2 unspecified atom stereocenters. The van der Waals surface area contributed by atoms with Crippen LogP contribution in [0.15, 0.2) is 17.1 Å². The molecule has 1 aromatic rings. The minimum atomic E-state index is -0.314. The molecule has 2 aliphatic rings. The largest absolute Gasteiger partial charge is 0.383 e. The van der Waals surface area contributed by atoms with Crippen molar-refractivity contribution in [2.45, 2.75) is 38.5 Å². The van der Waals surface area contributed by atoms with E-state index >= 15 is 0 Å². The Labute approximate surface area is 93.2 Å². The molecular formula is C11H15N3O2. The molecule has 5 heteroatoms. The van der Waals surface area contributed by atoms with E-state index < -0.39 is 0 Å². The second-order valence-electron chi connectivity index (χ2n) is 4.91. The third kappa shape index (κ3) is 1.35. The number of anilines is 1. The van der Waals surface area contributed by atoms with Gasteiger partial charge in [0.25, 0.3) is 0 Å². The van der Waals surface area contributed by atoms with E-state index in [4.69, 9.17) is 10.5 Å². The molecule has 1 aliphatic heterocycles. The number of ether oxygens (including phenoxy) is 1. The Balaban J connectivity index is 2.01. The Bertz CT molecular complexity index is 478. The maximum absolute atomic E-state index is 11.7. The third-order valence-corrected chi connectivity index (χ3v) is 3.58. The molecule has 1 saturated heterocycles. The van der Waals surface area contributed by atoms with Crippen molar-refractivity contribution in [3.63, 3.8) is 0 Å². The first-order valence-corrected chi connectivity index (χ1v) is 5.61. The Morgan fingerprint density at radius 3 is 3.00 bits per heavy atom. The van der Waals surface area contributed by atoms with E-state index in [1.807, 2.05) is 0 Å². The highest BCUT2D eigenvalue weighted by atomic mass is 16.5. The summed E-state index contributed by atoms with van der Waals surface area (Å²) in [5, 5.41) is 0. The van der Waals surface area contributed by atoms with Crippen molar-refractivity contribution in [1.29, 1.82) is 0 Å². The van der Waals surface area contributed by atoms with Crippen LogP contribution in [-0.2, 0) is 4.74 Å². The predicted octanol–water partition coefficient (Wildman–Crippen LogP) is 0.913. The number of nitrogens with two attached hydrogens (primary N) is 1. The van der Waals surface area contributed by atoms with Gasteiger partial charge in [-0.2, -0.15) is 4.98 Å². The summed E-state index contributed by atoms with van der Waals surface area (Å²) in [6.45, 7) is 2.05. The van der Waals surface area contributed by atoms with Crippen LogP contribution in [0.5, 0.6) is 0 Å². The lowest BCUT2D eigenvalue weighted by atomic mass is 10.0. The van der Waals surface area contributed by atoms with Crippen LogP contribution in [0.2, 0.25) is 0 Å². The van der Waals surface area contributed by atoms with Crippen molar-refractivity contribution in [2.24, 2.45) is 5.41 Å². The van der Waals surface area contributed by atoms with Gasteiger partial charge in [-0.25, -0.2) is 4.79 Å². The molecule has 0 radical (unpaired) electrons. The lowest BCUT2D eigenvalue weighted by Crippen LogP contribution is -2.30. The average Bonchev–Trinajstić information content (AvgIpc) is 2.88. The molecule has 86 valence electrons. The second kappa shape index (κ2) is 3.07. The quantitative estimate of drug-likeness (QED) is 0.765. The van der Waals surface area contributed by atoms with Crippen molar-refractivity contribution < 1.29 is 4.74 Å². The number of rotatable bonds is 1. The van der Waals surface area contributed by atoms with Gasteiger partial charge in [-0.05, 0) is 32.3 Å². The van der Waals surface area contributed by atoms with E-state index in [1.54, 1.807) is 16.8 Å². The molecule has 1 spiro atoms. The fraction of sp³-hybridized carbons (Fsp3) is 0.636. The molecule has 0 aromatic carbocycles. The van der Waals surface area contributed by atoms with Crippen LogP contribution in [0.3, 0.4) is 0 Å². The van der Waals surface area contributed by atoms with Crippen LogP contribution in [0.25, 0.3) is 0 Å². The van der Waals surface area contributed by atoms with Gasteiger partial charge in [0.15, 0.2) is 0 Å². The van der Waals surface area contributed by atoms with Crippen molar-refractivity contribution >= 4 is 5.82 Å². The number of nitrogens with zero attached hydrogens (tertiary/aromatic N) is 2. The second-order valence-corrected chi connectivity index (χ2v) is 4.91. The van der Waals surface area contributed by atoms with Gasteiger partial charge in [0.05, 0.1) is 6.10 Å². The summed E-state index contributed by atoms with van der Waals surface area (Å²) in [7, 11) is 0. The highest BCUT2D eigenvalue weighted by Crippen LogP contribution is 2.62. The zero-order valence-electron chi connectivity index (χ0n) is 9.22. The molecule has 16 heavy (non-hydrogen) atoms. The van der Waals surface area contributed by atoms with Gasteiger partial charge in [-0.15, -0.1) is 0 Å². The number of nitrogen functional groups attached to an aromatic ring is 1. The van der Waals surface area contributed by atoms with E-state index in [0.29, 0.717) is 0 Å². The maximum Gasteiger partial charge on any atom is 0.351 e. The van der Waals surface area contributed by atoms with Crippen LogP contribution < -0.4 is 11.4 Å². The van der Waals surface area contributed by atoms with Crippen molar-refractivity contribution in [1.82, 2.24) is 9.55 Å². The Kier molecular flexibility index (Phi) is 1.89. The minimum Gasteiger partial charge on any atom is -0.383 e. The SMILES string of the molecule is CC1CC2(CC2)C(n2ccc(N)nc2=O)O1. The summed E-state index contributed by atoms with van der Waals surface area (Å²) in [5.41, 5.74) is 5.34. The van der Waals surface area contributed by atoms with Gasteiger partial charge >= 0.3 is 5.69 Å². The van der Waals surface area contributed by atoms with Crippen molar-refractivity contribution in [3.05, 3.63) is 22.7 Å². The average molecular weight is 221 g/mol. The van der Waals surface area contributed by atoms with E-state index in [9.17, 15) is 4.79 Å². The van der Waals surface area contributed by atoms with Gasteiger partial charge in [0.2, 0.25) is 0 Å². The minimum absolute atomic E-state index is 0.150. The van der Waals surface area contributed by atoms with Gasteiger partial charge in [0, 0.05) is 11.6 Å². The zero-order chi connectivity index (χ0) is 11.3. The summed E-state index contributed by atoms with van der Waals surface area (Å²) in [5.74, 6) is 0.261. The van der Waals surface area contributed by atoms with Crippen LogP contribution in [0.1, 0.15) is 32.4 Å². The van der Waals surface area contributed by atoms with Gasteiger partial charge in [-0.3, -0.25) is 4.57 Å². The van der Waals surface area contributed by atoms with Gasteiger partial charge in [-0.1, -0.05) is 0 Å². The summed E-state index contributed by atoms with van der Waals surface area (Å²) in [6.07, 6.45) is 5.07. The van der Waals surface area contributed by atoms with Crippen LogP contribution in [0, 0.1) is 5.41 Å². The smallest absolute Gasteiger partial charge is 0.351 e. The highest BCUT2D eigenvalue weighted by molar-refractivity contribution is 5.24. The van der Waals surface area contributed by atoms with Crippen LogP contribution in [0.4, 0.5) is 5.82 Å². The van der Waals surface area contributed by atoms with E-state index in [2.05, 4.69) is 11.9 Å². The van der Waals surface area contributed by atoms with Gasteiger partial charge in [0.1, 0.15) is 12.0 Å². The molecule has 3 rings (SSSR count). The highest BCUT2D eigenvalue weighted by Gasteiger charge is 2.56. The molecule has 1 aromatic heterocycles. The number of hydrogen-bond donors (Lipinski definition) is 1. The van der Waals surface area contributed by atoms with Crippen molar-refractivity contribution in [2.75, 3.05) is 5.73 Å². The molecule has 0 bridgehead atoms. The third-order valence-electron chi connectivity index (χ3n) is 3.58. The standard InChI is InChI=1S/C11H15N3O2/c1-7-6-11(3-4-11)9(16-7)14-5-2-8(12)13-10(14)15/h2,5,7,9H,3-4,6H2,1H3,(H2,12,13,15). The van der Waals surface area contributed by atoms with Crippen molar-refractivity contribution in [3.8, 4) is 0 Å². The molecule has 0 amide bonds. The zero-order valence-corrected chi connectivity index (χ0v) is 9.22. The molecule has 2 fully saturated rings. The molecular weight excluding hydrogens is 206 g/mol. The topological polar surface area (TPSA) is 70.1 Å².